The Morgan fingerprint density at radius 1 is 1.25 bits per heavy atom. The van der Waals surface area contributed by atoms with E-state index in [1.165, 1.54) is 13.8 Å². The predicted molar refractivity (Wildman–Crippen MR) is 57.4 cm³/mol. The molecule has 0 radical (unpaired) electrons. The average molecular weight is 228 g/mol. The van der Waals surface area contributed by atoms with Gasteiger partial charge in [0.25, 0.3) is 0 Å². The van der Waals surface area contributed by atoms with E-state index in [4.69, 9.17) is 10.8 Å². The first-order valence-electron chi connectivity index (χ1n) is 4.75. The van der Waals surface area contributed by atoms with Gasteiger partial charge in [0.2, 0.25) is 11.8 Å². The average Bonchev–Trinajstić information content (AvgIpc) is 2.13. The van der Waals surface area contributed by atoms with Crippen LogP contribution in [0, 0.1) is 0 Å². The van der Waals surface area contributed by atoms with Crippen molar-refractivity contribution in [3.05, 3.63) is 11.1 Å². The van der Waals surface area contributed by atoms with E-state index in [9.17, 15) is 14.4 Å². The third-order valence-corrected chi connectivity index (χ3v) is 2.11. The molecule has 1 unspecified atom stereocenters. The first kappa shape index (κ1) is 14.2. The van der Waals surface area contributed by atoms with Crippen LogP contribution in [0.2, 0.25) is 0 Å². The molecule has 0 heterocycles. The fourth-order valence-corrected chi connectivity index (χ4v) is 1.02. The number of carboxylic acid groups (broad SMARTS) is 1. The zero-order valence-electron chi connectivity index (χ0n) is 9.53. The molecule has 2 amide bonds. The van der Waals surface area contributed by atoms with Gasteiger partial charge in [0, 0.05) is 23.6 Å². The predicted octanol–water partition coefficient (Wildman–Crippen LogP) is -0.212. The van der Waals surface area contributed by atoms with Gasteiger partial charge in [0.15, 0.2) is 0 Å². The Labute approximate surface area is 93.5 Å². The Bertz CT molecular complexity index is 347. The molecule has 0 saturated heterocycles. The number of carbonyl (C=O) groups is 3. The second-order valence-corrected chi connectivity index (χ2v) is 3.60. The number of aliphatic carboxylic acids is 1. The summed E-state index contributed by atoms with van der Waals surface area (Å²) in [6, 6.07) is -0.415. The van der Waals surface area contributed by atoms with Crippen molar-refractivity contribution >= 4 is 17.8 Å². The third-order valence-electron chi connectivity index (χ3n) is 2.11. The third kappa shape index (κ3) is 4.59. The van der Waals surface area contributed by atoms with E-state index in [0.29, 0.717) is 0 Å². The Kier molecular flexibility index (Phi) is 5.21. The van der Waals surface area contributed by atoms with E-state index in [2.05, 4.69) is 5.32 Å². The summed E-state index contributed by atoms with van der Waals surface area (Å²) in [7, 11) is 0. The van der Waals surface area contributed by atoms with Crippen LogP contribution >= 0.6 is 0 Å². The van der Waals surface area contributed by atoms with Crippen LogP contribution in [0.3, 0.4) is 0 Å². The fraction of sp³-hybridized carbons (Fsp3) is 0.500. The maximum atomic E-state index is 11.5. The standard InChI is InChI=1S/C10H16N2O4/c1-5(4-8(11)13)12-9(14)6(2)7(3)10(15)16/h5H,4H2,1-3H3,(H2,11,13)(H,12,14)(H,15,16). The SMILES string of the molecule is CC(C(=O)O)=C(C)C(=O)NC(C)CC(N)=O. The summed E-state index contributed by atoms with van der Waals surface area (Å²) in [4.78, 5) is 32.7. The Morgan fingerprint density at radius 3 is 2.12 bits per heavy atom. The lowest BCUT2D eigenvalue weighted by molar-refractivity contribution is -0.133. The minimum atomic E-state index is -1.14. The van der Waals surface area contributed by atoms with E-state index in [-0.39, 0.29) is 17.6 Å². The van der Waals surface area contributed by atoms with Gasteiger partial charge in [-0.1, -0.05) is 0 Å². The van der Waals surface area contributed by atoms with Crippen molar-refractivity contribution in [3.8, 4) is 0 Å². The topological polar surface area (TPSA) is 109 Å². The second-order valence-electron chi connectivity index (χ2n) is 3.60. The molecular formula is C10H16N2O4. The molecule has 0 aromatic carbocycles. The number of hydrogen-bond acceptors (Lipinski definition) is 3. The zero-order chi connectivity index (χ0) is 12.9. The minimum absolute atomic E-state index is 0.0190. The van der Waals surface area contributed by atoms with Crippen molar-refractivity contribution in [2.75, 3.05) is 0 Å². The molecule has 0 aliphatic rings. The van der Waals surface area contributed by atoms with Crippen LogP contribution in [0.1, 0.15) is 27.2 Å². The van der Waals surface area contributed by atoms with Gasteiger partial charge in [-0.15, -0.1) is 0 Å². The van der Waals surface area contributed by atoms with Crippen LogP contribution in [0.4, 0.5) is 0 Å². The van der Waals surface area contributed by atoms with Crippen LogP contribution in [0.15, 0.2) is 11.1 Å². The van der Waals surface area contributed by atoms with Gasteiger partial charge in [0.1, 0.15) is 0 Å². The molecular weight excluding hydrogens is 212 g/mol. The number of primary amides is 1. The molecule has 4 N–H and O–H groups in total. The maximum Gasteiger partial charge on any atom is 0.331 e. The second kappa shape index (κ2) is 5.89. The molecule has 0 aliphatic heterocycles. The normalized spacial score (nSPS) is 13.7. The largest absolute Gasteiger partial charge is 0.478 e. The van der Waals surface area contributed by atoms with Crippen molar-refractivity contribution in [2.24, 2.45) is 5.73 Å². The molecule has 6 heteroatoms. The van der Waals surface area contributed by atoms with Gasteiger partial charge in [-0.3, -0.25) is 9.59 Å². The number of rotatable bonds is 5. The zero-order valence-corrected chi connectivity index (χ0v) is 9.53. The smallest absolute Gasteiger partial charge is 0.331 e. The van der Waals surface area contributed by atoms with Crippen molar-refractivity contribution in [1.29, 1.82) is 0 Å². The number of amides is 2. The van der Waals surface area contributed by atoms with Gasteiger partial charge in [-0.2, -0.15) is 0 Å². The molecule has 0 rings (SSSR count). The number of carbonyl (C=O) groups excluding carboxylic acids is 2. The lowest BCUT2D eigenvalue weighted by Crippen LogP contribution is -2.36. The highest BCUT2D eigenvalue weighted by atomic mass is 16.4. The number of nitrogens with one attached hydrogen (secondary N) is 1. The number of hydrogen-bond donors (Lipinski definition) is 3. The van der Waals surface area contributed by atoms with Crippen LogP contribution in [0.25, 0.3) is 0 Å². The summed E-state index contributed by atoms with van der Waals surface area (Å²) in [6.45, 7) is 4.37. The van der Waals surface area contributed by atoms with Crippen molar-refractivity contribution in [3.63, 3.8) is 0 Å². The highest BCUT2D eigenvalue weighted by Crippen LogP contribution is 2.04. The van der Waals surface area contributed by atoms with Crippen LogP contribution in [-0.2, 0) is 14.4 Å². The number of nitrogens with two attached hydrogens (primary N) is 1. The Balaban J connectivity index is 4.54. The molecule has 0 saturated carbocycles. The molecule has 6 nitrogen and oxygen atoms in total. The molecule has 16 heavy (non-hydrogen) atoms. The summed E-state index contributed by atoms with van der Waals surface area (Å²) in [5, 5.41) is 11.2. The minimum Gasteiger partial charge on any atom is -0.478 e. The summed E-state index contributed by atoms with van der Waals surface area (Å²) >= 11 is 0. The monoisotopic (exact) mass is 228 g/mol. The van der Waals surface area contributed by atoms with Crippen molar-refractivity contribution in [2.45, 2.75) is 33.2 Å². The van der Waals surface area contributed by atoms with E-state index in [1.807, 2.05) is 0 Å². The first-order chi connectivity index (χ1) is 7.25. The van der Waals surface area contributed by atoms with Crippen LogP contribution < -0.4 is 11.1 Å². The summed E-state index contributed by atoms with van der Waals surface area (Å²) < 4.78 is 0. The van der Waals surface area contributed by atoms with E-state index >= 15 is 0 Å². The summed E-state index contributed by atoms with van der Waals surface area (Å²) in [5.74, 6) is -2.17. The van der Waals surface area contributed by atoms with Gasteiger partial charge < -0.3 is 16.2 Å². The Morgan fingerprint density at radius 2 is 1.75 bits per heavy atom. The molecule has 0 spiro atoms. The van der Waals surface area contributed by atoms with Gasteiger partial charge in [-0.25, -0.2) is 4.79 Å². The van der Waals surface area contributed by atoms with Gasteiger partial charge in [0.05, 0.1) is 0 Å². The molecule has 0 aromatic heterocycles. The lowest BCUT2D eigenvalue weighted by atomic mass is 10.1. The quantitative estimate of drug-likeness (QED) is 0.565. The lowest BCUT2D eigenvalue weighted by Gasteiger charge is -2.12. The van der Waals surface area contributed by atoms with E-state index in [0.717, 1.165) is 0 Å². The Hall–Kier alpha value is -1.85. The highest BCUT2D eigenvalue weighted by molar-refractivity contribution is 6.01. The molecule has 0 bridgehead atoms. The summed E-state index contributed by atoms with van der Waals surface area (Å²) in [6.07, 6.45) is 0.0190. The molecule has 1 atom stereocenters. The maximum absolute atomic E-state index is 11.5. The molecule has 0 fully saturated rings. The molecule has 90 valence electrons. The molecule has 0 aromatic rings. The van der Waals surface area contributed by atoms with Crippen molar-refractivity contribution < 1.29 is 19.5 Å². The van der Waals surface area contributed by atoms with Crippen molar-refractivity contribution in [1.82, 2.24) is 5.32 Å². The van der Waals surface area contributed by atoms with Gasteiger partial charge in [-0.05, 0) is 20.8 Å². The molecule has 0 aliphatic carbocycles. The number of carboxylic acids is 1. The van der Waals surface area contributed by atoms with E-state index < -0.39 is 23.8 Å². The highest BCUT2D eigenvalue weighted by Gasteiger charge is 2.15. The van der Waals surface area contributed by atoms with E-state index in [1.54, 1.807) is 6.92 Å². The van der Waals surface area contributed by atoms with Crippen LogP contribution in [0.5, 0.6) is 0 Å². The first-order valence-corrected chi connectivity index (χ1v) is 4.75. The van der Waals surface area contributed by atoms with Crippen LogP contribution in [-0.4, -0.2) is 28.9 Å². The fourth-order valence-electron chi connectivity index (χ4n) is 1.02. The van der Waals surface area contributed by atoms with Gasteiger partial charge >= 0.3 is 5.97 Å². The summed E-state index contributed by atoms with van der Waals surface area (Å²) in [5.41, 5.74) is 5.05.